The smallest absolute Gasteiger partial charge is 0.260 e. The normalized spacial score (nSPS) is 20.8. The van der Waals surface area contributed by atoms with E-state index in [9.17, 15) is 4.79 Å². The molecule has 6 heteroatoms. The van der Waals surface area contributed by atoms with Crippen LogP contribution in [0.25, 0.3) is 0 Å². The minimum atomic E-state index is 0.0629. The molecule has 0 aliphatic carbocycles. The van der Waals surface area contributed by atoms with Gasteiger partial charge in [-0.15, -0.1) is 0 Å². The van der Waals surface area contributed by atoms with E-state index >= 15 is 0 Å². The lowest BCUT2D eigenvalue weighted by Gasteiger charge is -2.44. The summed E-state index contributed by atoms with van der Waals surface area (Å²) < 4.78 is 11.3. The van der Waals surface area contributed by atoms with Crippen LogP contribution in [-0.4, -0.2) is 86.7 Å². The van der Waals surface area contributed by atoms with E-state index in [0.717, 1.165) is 58.7 Å². The fourth-order valence-corrected chi connectivity index (χ4v) is 4.07. The number of nitrogens with zero attached hydrogens (tertiary/aromatic N) is 3. The predicted octanol–water partition coefficient (Wildman–Crippen LogP) is 2.34. The summed E-state index contributed by atoms with van der Waals surface area (Å²) >= 11 is 0. The van der Waals surface area contributed by atoms with Crippen molar-refractivity contribution in [2.75, 3.05) is 66.1 Å². The van der Waals surface area contributed by atoms with Crippen molar-refractivity contribution in [2.45, 2.75) is 26.7 Å². The van der Waals surface area contributed by atoms with Gasteiger partial charge in [0.05, 0.1) is 6.61 Å². The molecule has 156 valence electrons. The lowest BCUT2D eigenvalue weighted by molar-refractivity contribution is -0.135. The molecule has 0 unspecified atom stereocenters. The molecule has 6 nitrogen and oxygen atoms in total. The number of carbonyl (C=O) groups excluding carboxylic acids is 1. The maximum atomic E-state index is 12.6. The highest BCUT2D eigenvalue weighted by molar-refractivity contribution is 5.78. The van der Waals surface area contributed by atoms with E-state index in [4.69, 9.17) is 9.47 Å². The summed E-state index contributed by atoms with van der Waals surface area (Å²) in [6, 6.07) is 7.52. The van der Waals surface area contributed by atoms with Gasteiger partial charge in [0, 0.05) is 45.8 Å². The molecule has 0 atom stereocenters. The van der Waals surface area contributed by atoms with E-state index in [2.05, 4.69) is 23.8 Å². The molecule has 0 spiro atoms. The maximum Gasteiger partial charge on any atom is 0.260 e. The van der Waals surface area contributed by atoms with E-state index < -0.39 is 0 Å². The number of hydrogen-bond acceptors (Lipinski definition) is 5. The molecule has 1 amide bonds. The third kappa shape index (κ3) is 5.61. The van der Waals surface area contributed by atoms with Gasteiger partial charge < -0.3 is 24.2 Å². The van der Waals surface area contributed by atoms with Crippen LogP contribution in [0.5, 0.6) is 11.5 Å². The average Bonchev–Trinajstić information content (AvgIpc) is 2.69. The third-order valence-electron chi connectivity index (χ3n) is 6.02. The zero-order valence-electron chi connectivity index (χ0n) is 17.7. The van der Waals surface area contributed by atoms with Crippen LogP contribution >= 0.6 is 0 Å². The summed E-state index contributed by atoms with van der Waals surface area (Å²) in [6.45, 7) is 12.4. The van der Waals surface area contributed by atoms with Crippen molar-refractivity contribution in [3.8, 4) is 11.5 Å². The van der Waals surface area contributed by atoms with Crippen LogP contribution in [0.4, 0.5) is 0 Å². The Balaban J connectivity index is 1.45. The van der Waals surface area contributed by atoms with Crippen molar-refractivity contribution < 1.29 is 14.3 Å². The van der Waals surface area contributed by atoms with Crippen LogP contribution in [0.1, 0.15) is 26.7 Å². The second-order valence-electron chi connectivity index (χ2n) is 8.44. The molecule has 1 aromatic rings. The van der Waals surface area contributed by atoms with E-state index in [-0.39, 0.29) is 12.5 Å². The highest BCUT2D eigenvalue weighted by Crippen LogP contribution is 2.32. The van der Waals surface area contributed by atoms with Crippen molar-refractivity contribution in [3.05, 3.63) is 24.3 Å². The van der Waals surface area contributed by atoms with Crippen LogP contribution in [-0.2, 0) is 4.79 Å². The monoisotopic (exact) mass is 389 g/mol. The maximum absolute atomic E-state index is 12.6. The highest BCUT2D eigenvalue weighted by Gasteiger charge is 2.34. The van der Waals surface area contributed by atoms with E-state index in [1.807, 2.05) is 36.1 Å². The van der Waals surface area contributed by atoms with Crippen LogP contribution < -0.4 is 9.47 Å². The van der Waals surface area contributed by atoms with E-state index in [0.29, 0.717) is 23.5 Å². The lowest BCUT2D eigenvalue weighted by atomic mass is 9.79. The molecule has 1 aromatic carbocycles. The average molecular weight is 390 g/mol. The van der Waals surface area contributed by atoms with Gasteiger partial charge in [0.15, 0.2) is 18.1 Å². The summed E-state index contributed by atoms with van der Waals surface area (Å²) in [7, 11) is 2.19. The number of piperazine rings is 1. The van der Waals surface area contributed by atoms with Crippen molar-refractivity contribution in [3.63, 3.8) is 0 Å². The van der Waals surface area contributed by atoms with Crippen molar-refractivity contribution in [2.24, 2.45) is 5.41 Å². The molecular weight excluding hydrogens is 354 g/mol. The number of amides is 1. The lowest BCUT2D eigenvalue weighted by Crippen LogP contribution is -2.51. The standard InChI is InChI=1S/C22H35N3O3/c1-4-27-19-7-5-6-8-20(19)28-17-21(26)25-11-9-22(2,10-12-25)18-24-15-13-23(3)14-16-24/h5-8H,4,9-18H2,1-3H3. The van der Waals surface area contributed by atoms with Crippen molar-refractivity contribution >= 4 is 5.91 Å². The number of para-hydroxylation sites is 2. The summed E-state index contributed by atoms with van der Waals surface area (Å²) in [5, 5.41) is 0. The Kier molecular flexibility index (Phi) is 7.18. The molecule has 2 fully saturated rings. The van der Waals surface area contributed by atoms with Gasteiger partial charge in [0.1, 0.15) is 0 Å². The van der Waals surface area contributed by atoms with Gasteiger partial charge in [0.2, 0.25) is 0 Å². The van der Waals surface area contributed by atoms with Crippen molar-refractivity contribution in [1.82, 2.24) is 14.7 Å². The van der Waals surface area contributed by atoms with Gasteiger partial charge in [0.25, 0.3) is 5.91 Å². The Hall–Kier alpha value is -1.79. The Morgan fingerprint density at radius 3 is 2.21 bits per heavy atom. The Morgan fingerprint density at radius 1 is 1.00 bits per heavy atom. The first-order valence-electron chi connectivity index (χ1n) is 10.5. The zero-order chi connectivity index (χ0) is 20.0. The summed E-state index contributed by atoms with van der Waals surface area (Å²) in [5.41, 5.74) is 0.301. The molecule has 2 aliphatic rings. The van der Waals surface area contributed by atoms with Crippen LogP contribution in [0.2, 0.25) is 0 Å². The zero-order valence-corrected chi connectivity index (χ0v) is 17.7. The molecule has 0 N–H and O–H groups in total. The van der Waals surface area contributed by atoms with Crippen molar-refractivity contribution in [1.29, 1.82) is 0 Å². The van der Waals surface area contributed by atoms with Crippen LogP contribution in [0, 0.1) is 5.41 Å². The number of rotatable bonds is 7. The first-order valence-corrected chi connectivity index (χ1v) is 10.5. The minimum absolute atomic E-state index is 0.0629. The number of hydrogen-bond donors (Lipinski definition) is 0. The molecule has 0 bridgehead atoms. The number of carbonyl (C=O) groups is 1. The summed E-state index contributed by atoms with van der Waals surface area (Å²) in [5.74, 6) is 1.39. The first-order chi connectivity index (χ1) is 13.5. The molecule has 0 saturated carbocycles. The topological polar surface area (TPSA) is 45.3 Å². The SMILES string of the molecule is CCOc1ccccc1OCC(=O)N1CCC(C)(CN2CCN(C)CC2)CC1. The quantitative estimate of drug-likeness (QED) is 0.716. The molecule has 2 aliphatic heterocycles. The Bertz CT molecular complexity index is 636. The minimum Gasteiger partial charge on any atom is -0.490 e. The second kappa shape index (κ2) is 9.61. The van der Waals surface area contributed by atoms with Gasteiger partial charge in [-0.05, 0) is 44.4 Å². The fourth-order valence-electron chi connectivity index (χ4n) is 4.07. The summed E-state index contributed by atoms with van der Waals surface area (Å²) in [4.78, 5) is 19.6. The third-order valence-corrected chi connectivity index (χ3v) is 6.02. The molecular formula is C22H35N3O3. The Morgan fingerprint density at radius 2 is 1.61 bits per heavy atom. The van der Waals surface area contributed by atoms with Gasteiger partial charge in [-0.25, -0.2) is 0 Å². The first kappa shape index (κ1) is 20.9. The highest BCUT2D eigenvalue weighted by atomic mass is 16.5. The second-order valence-corrected chi connectivity index (χ2v) is 8.44. The molecule has 0 radical (unpaired) electrons. The number of benzene rings is 1. The Labute approximate surface area is 169 Å². The van der Waals surface area contributed by atoms with Gasteiger partial charge in [-0.3, -0.25) is 4.79 Å². The summed E-state index contributed by atoms with van der Waals surface area (Å²) in [6.07, 6.45) is 2.11. The number of likely N-dealkylation sites (N-methyl/N-ethyl adjacent to an activating group) is 1. The number of piperidine rings is 1. The van der Waals surface area contributed by atoms with E-state index in [1.165, 1.54) is 0 Å². The van der Waals surface area contributed by atoms with E-state index in [1.54, 1.807) is 0 Å². The molecule has 2 heterocycles. The number of likely N-dealkylation sites (tertiary alicyclic amines) is 1. The molecule has 28 heavy (non-hydrogen) atoms. The fraction of sp³-hybridized carbons (Fsp3) is 0.682. The molecule has 2 saturated heterocycles. The molecule has 3 rings (SSSR count). The van der Waals surface area contributed by atoms with Gasteiger partial charge in [-0.2, -0.15) is 0 Å². The molecule has 0 aromatic heterocycles. The van der Waals surface area contributed by atoms with Gasteiger partial charge in [-0.1, -0.05) is 19.1 Å². The predicted molar refractivity (Wildman–Crippen MR) is 111 cm³/mol. The van der Waals surface area contributed by atoms with Crippen LogP contribution in [0.15, 0.2) is 24.3 Å². The van der Waals surface area contributed by atoms with Crippen LogP contribution in [0.3, 0.4) is 0 Å². The largest absolute Gasteiger partial charge is 0.490 e. The van der Waals surface area contributed by atoms with Gasteiger partial charge >= 0.3 is 0 Å². The number of ether oxygens (including phenoxy) is 2.